The number of nitrogens with zero attached hydrogens (tertiary/aromatic N) is 1. The number of carboxylic acids is 1. The third-order valence-electron chi connectivity index (χ3n) is 2.37. The highest BCUT2D eigenvalue weighted by molar-refractivity contribution is 7.89. The number of hydrogen-bond acceptors (Lipinski definition) is 4. The largest absolute Gasteiger partial charge is 0.477 e. The Hall–Kier alpha value is -1.38. The molecule has 0 aliphatic heterocycles. The zero-order valence-electron chi connectivity index (χ0n) is 10.1. The first-order valence-corrected chi connectivity index (χ1v) is 6.86. The minimum Gasteiger partial charge on any atom is -0.477 e. The molecular formula is C10H16N2O5S. The quantitative estimate of drug-likeness (QED) is 0.670. The van der Waals surface area contributed by atoms with E-state index in [-0.39, 0.29) is 17.2 Å². The van der Waals surface area contributed by atoms with Crippen LogP contribution in [-0.4, -0.2) is 41.8 Å². The summed E-state index contributed by atoms with van der Waals surface area (Å²) in [6, 6.07) is 0.464. The predicted octanol–water partition coefficient (Wildman–Crippen LogP) is -0.135. The Balaban J connectivity index is 3.14. The van der Waals surface area contributed by atoms with Crippen molar-refractivity contribution in [1.29, 1.82) is 0 Å². The lowest BCUT2D eigenvalue weighted by atomic mass is 10.4. The lowest BCUT2D eigenvalue weighted by molar-refractivity contribution is 0.0685. The summed E-state index contributed by atoms with van der Waals surface area (Å²) in [6.45, 7) is 3.24. The molecule has 1 atom stereocenters. The zero-order chi connectivity index (χ0) is 13.9. The normalized spacial score (nSPS) is 13.5. The number of carboxylic acid groups (broad SMARTS) is 1. The number of aryl methyl sites for hydroxylation is 1. The Morgan fingerprint density at radius 2 is 2.17 bits per heavy atom. The van der Waals surface area contributed by atoms with Crippen molar-refractivity contribution in [3.8, 4) is 0 Å². The van der Waals surface area contributed by atoms with E-state index in [0.717, 1.165) is 6.07 Å². The number of sulfonamides is 1. The summed E-state index contributed by atoms with van der Waals surface area (Å²) in [4.78, 5) is 10.8. The molecule has 0 unspecified atom stereocenters. The van der Waals surface area contributed by atoms with Gasteiger partial charge in [-0.2, -0.15) is 0 Å². The van der Waals surface area contributed by atoms with Crippen LogP contribution in [0.5, 0.6) is 0 Å². The average Bonchev–Trinajstić information content (AvgIpc) is 2.73. The second-order valence-electron chi connectivity index (χ2n) is 3.86. The molecule has 7 nitrogen and oxygen atoms in total. The molecule has 0 fully saturated rings. The van der Waals surface area contributed by atoms with E-state index in [9.17, 15) is 13.2 Å². The maximum absolute atomic E-state index is 11.9. The van der Waals surface area contributed by atoms with Gasteiger partial charge in [0, 0.05) is 18.8 Å². The van der Waals surface area contributed by atoms with Crippen molar-refractivity contribution in [2.24, 2.45) is 0 Å². The molecule has 0 saturated carbocycles. The van der Waals surface area contributed by atoms with Crippen LogP contribution < -0.4 is 4.72 Å². The molecule has 1 rings (SSSR count). The van der Waals surface area contributed by atoms with Crippen molar-refractivity contribution in [2.75, 3.05) is 6.61 Å². The minimum atomic E-state index is -3.81. The fraction of sp³-hybridized carbons (Fsp3) is 0.500. The van der Waals surface area contributed by atoms with E-state index in [1.807, 2.05) is 0 Å². The molecule has 1 heterocycles. The summed E-state index contributed by atoms with van der Waals surface area (Å²) in [5.41, 5.74) is -0.0884. The Morgan fingerprint density at radius 1 is 1.56 bits per heavy atom. The summed E-state index contributed by atoms with van der Waals surface area (Å²) in [5.74, 6) is -1.19. The number of aliphatic hydroxyl groups excluding tert-OH is 1. The second-order valence-corrected chi connectivity index (χ2v) is 5.57. The number of aliphatic hydroxyl groups is 1. The molecule has 0 spiro atoms. The van der Waals surface area contributed by atoms with Gasteiger partial charge in [-0.3, -0.25) is 0 Å². The van der Waals surface area contributed by atoms with Gasteiger partial charge in [-0.25, -0.2) is 17.9 Å². The number of rotatable bonds is 6. The number of nitrogens with one attached hydrogen (secondary N) is 1. The van der Waals surface area contributed by atoms with Crippen LogP contribution in [0, 0.1) is 0 Å². The molecule has 1 aromatic heterocycles. The van der Waals surface area contributed by atoms with E-state index in [1.165, 1.54) is 17.7 Å². The van der Waals surface area contributed by atoms with Gasteiger partial charge in [-0.15, -0.1) is 0 Å². The Kier molecular flexibility index (Phi) is 4.49. The van der Waals surface area contributed by atoms with Gasteiger partial charge in [-0.1, -0.05) is 0 Å². The van der Waals surface area contributed by atoms with E-state index in [1.54, 1.807) is 6.92 Å². The first kappa shape index (κ1) is 14.7. The maximum atomic E-state index is 11.9. The molecule has 8 heteroatoms. The van der Waals surface area contributed by atoms with Gasteiger partial charge in [0.05, 0.1) is 6.61 Å². The van der Waals surface area contributed by atoms with Crippen LogP contribution in [0.2, 0.25) is 0 Å². The maximum Gasteiger partial charge on any atom is 0.352 e. The third kappa shape index (κ3) is 3.09. The van der Waals surface area contributed by atoms with Crippen LogP contribution in [-0.2, 0) is 16.6 Å². The standard InChI is InChI=1S/C10H16N2O5S/c1-3-12-5-8(4-9(12)10(14)15)18(16,17)11-7(2)6-13/h4-5,7,11,13H,3,6H2,1-2H3,(H,14,15)/t7-/m1/s1. The van der Waals surface area contributed by atoms with Crippen molar-refractivity contribution in [3.63, 3.8) is 0 Å². The SMILES string of the molecule is CCn1cc(S(=O)(=O)N[C@H](C)CO)cc1C(=O)O. The molecule has 0 aromatic carbocycles. The van der Waals surface area contributed by atoms with Gasteiger partial charge in [0.25, 0.3) is 0 Å². The fourth-order valence-electron chi connectivity index (χ4n) is 1.44. The van der Waals surface area contributed by atoms with Crippen molar-refractivity contribution in [1.82, 2.24) is 9.29 Å². The van der Waals surface area contributed by atoms with Gasteiger partial charge < -0.3 is 14.8 Å². The van der Waals surface area contributed by atoms with Crippen LogP contribution in [0.15, 0.2) is 17.2 Å². The zero-order valence-corrected chi connectivity index (χ0v) is 10.9. The predicted molar refractivity (Wildman–Crippen MR) is 63.9 cm³/mol. The molecule has 0 amide bonds. The van der Waals surface area contributed by atoms with Gasteiger partial charge in [0.1, 0.15) is 10.6 Å². The first-order valence-electron chi connectivity index (χ1n) is 5.38. The molecule has 0 aliphatic carbocycles. The fourth-order valence-corrected chi connectivity index (χ4v) is 2.71. The lowest BCUT2D eigenvalue weighted by Gasteiger charge is -2.09. The minimum absolute atomic E-state index is 0.0884. The van der Waals surface area contributed by atoms with Crippen molar-refractivity contribution in [2.45, 2.75) is 31.3 Å². The van der Waals surface area contributed by atoms with Crippen LogP contribution in [0.4, 0.5) is 0 Å². The summed E-state index contributed by atoms with van der Waals surface area (Å²) in [6.07, 6.45) is 1.26. The van der Waals surface area contributed by atoms with Crippen molar-refractivity contribution >= 4 is 16.0 Å². The van der Waals surface area contributed by atoms with E-state index in [2.05, 4.69) is 4.72 Å². The summed E-state index contributed by atoms with van der Waals surface area (Å²) in [7, 11) is -3.81. The van der Waals surface area contributed by atoms with E-state index < -0.39 is 22.0 Å². The van der Waals surface area contributed by atoms with E-state index >= 15 is 0 Å². The second kappa shape index (κ2) is 5.51. The van der Waals surface area contributed by atoms with Gasteiger partial charge in [0.15, 0.2) is 0 Å². The van der Waals surface area contributed by atoms with Crippen molar-refractivity contribution < 1.29 is 23.4 Å². The Bertz CT molecular complexity index is 534. The molecule has 1 aromatic rings. The monoisotopic (exact) mass is 276 g/mol. The Morgan fingerprint density at radius 3 is 2.56 bits per heavy atom. The van der Waals surface area contributed by atoms with Gasteiger partial charge >= 0.3 is 5.97 Å². The summed E-state index contributed by atoms with van der Waals surface area (Å²) in [5, 5.41) is 17.7. The number of aromatic nitrogens is 1. The molecule has 0 saturated heterocycles. The average molecular weight is 276 g/mol. The van der Waals surface area contributed by atoms with Gasteiger partial charge in [-0.05, 0) is 19.9 Å². The molecule has 3 N–H and O–H groups in total. The molecule has 0 radical (unpaired) electrons. The van der Waals surface area contributed by atoms with Crippen LogP contribution in [0.3, 0.4) is 0 Å². The number of carbonyl (C=O) groups is 1. The lowest BCUT2D eigenvalue weighted by Crippen LogP contribution is -2.34. The third-order valence-corrected chi connectivity index (χ3v) is 3.93. The van der Waals surface area contributed by atoms with Crippen LogP contribution in [0.1, 0.15) is 24.3 Å². The summed E-state index contributed by atoms with van der Waals surface area (Å²) >= 11 is 0. The molecular weight excluding hydrogens is 260 g/mol. The van der Waals surface area contributed by atoms with E-state index in [0.29, 0.717) is 6.54 Å². The highest BCUT2D eigenvalue weighted by atomic mass is 32.2. The summed E-state index contributed by atoms with van der Waals surface area (Å²) < 4.78 is 27.3. The molecule has 102 valence electrons. The molecule has 0 aliphatic rings. The smallest absolute Gasteiger partial charge is 0.352 e. The number of hydrogen-bond donors (Lipinski definition) is 3. The van der Waals surface area contributed by atoms with Crippen LogP contribution >= 0.6 is 0 Å². The van der Waals surface area contributed by atoms with Gasteiger partial charge in [0.2, 0.25) is 10.0 Å². The highest BCUT2D eigenvalue weighted by Crippen LogP contribution is 2.15. The van der Waals surface area contributed by atoms with Crippen molar-refractivity contribution in [3.05, 3.63) is 18.0 Å². The first-order chi connectivity index (χ1) is 8.31. The number of aromatic carboxylic acids is 1. The van der Waals surface area contributed by atoms with Crippen LogP contribution in [0.25, 0.3) is 0 Å². The topological polar surface area (TPSA) is 109 Å². The van der Waals surface area contributed by atoms with E-state index in [4.69, 9.17) is 10.2 Å². The highest BCUT2D eigenvalue weighted by Gasteiger charge is 2.22. The Labute approximate surface area is 105 Å². The molecule has 0 bridgehead atoms. The molecule has 18 heavy (non-hydrogen) atoms.